The maximum Gasteiger partial charge on any atom is 0.119 e. The molecule has 4 saturated carbocycles. The summed E-state index contributed by atoms with van der Waals surface area (Å²) in [7, 11) is 0. The number of benzene rings is 2. The Bertz CT molecular complexity index is 1050. The number of hydrogen-bond donors (Lipinski definition) is 0. The van der Waals surface area contributed by atoms with Crippen LogP contribution < -0.4 is 4.74 Å². The average molecular weight is 546 g/mol. The molecule has 4 bridgehead atoms. The molecular weight excluding hydrogens is 498 g/mol. The molecule has 1 saturated heterocycles. The summed E-state index contributed by atoms with van der Waals surface area (Å²) < 4.78 is 6.18. The summed E-state index contributed by atoms with van der Waals surface area (Å²) in [5, 5.41) is 0.814. The number of halogens is 1. The topological polar surface area (TPSA) is 12.5 Å². The lowest BCUT2D eigenvalue weighted by atomic mass is 9.53. The quantitative estimate of drug-likeness (QED) is 0.260. The Morgan fingerprint density at radius 3 is 1.87 bits per heavy atom. The van der Waals surface area contributed by atoms with Gasteiger partial charge < -0.3 is 9.64 Å². The number of likely N-dealkylation sites (tertiary alicyclic amines) is 1. The number of rotatable bonds is 11. The van der Waals surface area contributed by atoms with Gasteiger partial charge in [0.05, 0.1) is 6.61 Å². The first-order valence-corrected chi connectivity index (χ1v) is 16.6. The first-order chi connectivity index (χ1) is 19.2. The SMILES string of the molecule is Clc1ccc(C(=C2C3CC4CC(C3)CC2C4)c2ccc(OCCCCCCCN3CCCCCC3)cc2)cc1. The van der Waals surface area contributed by atoms with Crippen molar-refractivity contribution in [1.82, 2.24) is 4.90 Å². The molecule has 1 aliphatic heterocycles. The van der Waals surface area contributed by atoms with E-state index in [2.05, 4.69) is 53.4 Å². The van der Waals surface area contributed by atoms with E-state index in [4.69, 9.17) is 16.3 Å². The van der Waals surface area contributed by atoms with Gasteiger partial charge in [0, 0.05) is 5.02 Å². The molecule has 1 heterocycles. The van der Waals surface area contributed by atoms with Crippen LogP contribution in [0.4, 0.5) is 0 Å². The largest absolute Gasteiger partial charge is 0.494 e. The van der Waals surface area contributed by atoms with Gasteiger partial charge >= 0.3 is 0 Å². The van der Waals surface area contributed by atoms with Crippen molar-refractivity contribution in [2.24, 2.45) is 23.7 Å². The van der Waals surface area contributed by atoms with Crippen LogP contribution in [0.5, 0.6) is 5.75 Å². The number of allylic oxidation sites excluding steroid dienone is 1. The highest BCUT2D eigenvalue weighted by molar-refractivity contribution is 6.30. The lowest BCUT2D eigenvalue weighted by Gasteiger charge is -2.52. The molecule has 0 amide bonds. The Labute approximate surface area is 242 Å². The first-order valence-electron chi connectivity index (χ1n) is 16.2. The minimum atomic E-state index is 0.771. The molecule has 0 N–H and O–H groups in total. The summed E-state index contributed by atoms with van der Waals surface area (Å²) >= 11 is 6.29. The molecule has 4 aliphatic carbocycles. The van der Waals surface area contributed by atoms with Crippen LogP contribution in [0.2, 0.25) is 5.02 Å². The Balaban J connectivity index is 1.03. The molecule has 0 radical (unpaired) electrons. The molecule has 39 heavy (non-hydrogen) atoms. The normalized spacial score (nSPS) is 26.5. The molecule has 2 aromatic carbocycles. The summed E-state index contributed by atoms with van der Waals surface area (Å²) in [6, 6.07) is 17.6. The van der Waals surface area contributed by atoms with Crippen LogP contribution in [-0.4, -0.2) is 31.1 Å². The Morgan fingerprint density at radius 2 is 1.23 bits per heavy atom. The van der Waals surface area contributed by atoms with E-state index in [9.17, 15) is 0 Å². The second-order valence-electron chi connectivity index (χ2n) is 13.0. The predicted molar refractivity (Wildman–Crippen MR) is 164 cm³/mol. The monoisotopic (exact) mass is 545 g/mol. The number of unbranched alkanes of at least 4 members (excludes halogenated alkanes) is 4. The van der Waals surface area contributed by atoms with Crippen LogP contribution in [0.25, 0.3) is 5.57 Å². The molecule has 0 unspecified atom stereocenters. The molecule has 0 atom stereocenters. The van der Waals surface area contributed by atoms with Crippen LogP contribution in [0.1, 0.15) is 101 Å². The fourth-order valence-corrected chi connectivity index (χ4v) is 8.58. The average Bonchev–Trinajstić information content (AvgIpc) is 3.22. The van der Waals surface area contributed by atoms with Crippen LogP contribution >= 0.6 is 11.6 Å². The van der Waals surface area contributed by atoms with Crippen LogP contribution in [0, 0.1) is 23.7 Å². The van der Waals surface area contributed by atoms with Crippen molar-refractivity contribution in [2.45, 2.75) is 89.9 Å². The van der Waals surface area contributed by atoms with Gasteiger partial charge in [-0.3, -0.25) is 0 Å². The third-order valence-electron chi connectivity index (χ3n) is 10.2. The zero-order chi connectivity index (χ0) is 26.4. The third kappa shape index (κ3) is 6.94. The smallest absolute Gasteiger partial charge is 0.119 e. The minimum Gasteiger partial charge on any atom is -0.494 e. The van der Waals surface area contributed by atoms with Gasteiger partial charge in [-0.2, -0.15) is 0 Å². The molecule has 5 aliphatic rings. The number of ether oxygens (including phenoxy) is 1. The van der Waals surface area contributed by atoms with Crippen LogP contribution in [-0.2, 0) is 0 Å². The summed E-state index contributed by atoms with van der Waals surface area (Å²) in [6.07, 6.45) is 19.2. The van der Waals surface area contributed by atoms with Gasteiger partial charge in [-0.15, -0.1) is 0 Å². The van der Waals surface area contributed by atoms with Gasteiger partial charge in [0.2, 0.25) is 0 Å². The maximum absolute atomic E-state index is 6.29. The van der Waals surface area contributed by atoms with Gasteiger partial charge in [-0.05, 0) is 142 Å². The highest BCUT2D eigenvalue weighted by atomic mass is 35.5. The van der Waals surface area contributed by atoms with Crippen molar-refractivity contribution in [3.8, 4) is 5.75 Å². The Hall–Kier alpha value is -1.77. The molecule has 3 heteroatoms. The lowest BCUT2D eigenvalue weighted by Crippen LogP contribution is -2.40. The van der Waals surface area contributed by atoms with E-state index in [1.807, 2.05) is 0 Å². The highest BCUT2D eigenvalue weighted by Crippen LogP contribution is 2.58. The summed E-state index contributed by atoms with van der Waals surface area (Å²) in [6.45, 7) is 4.78. The number of hydrogen-bond acceptors (Lipinski definition) is 2. The van der Waals surface area contributed by atoms with E-state index in [0.29, 0.717) is 0 Å². The maximum atomic E-state index is 6.29. The fourth-order valence-electron chi connectivity index (χ4n) is 8.45. The highest BCUT2D eigenvalue weighted by Gasteiger charge is 2.46. The van der Waals surface area contributed by atoms with Crippen LogP contribution in [0.3, 0.4) is 0 Å². The van der Waals surface area contributed by atoms with E-state index < -0.39 is 0 Å². The number of nitrogens with zero attached hydrogens (tertiary/aromatic N) is 1. The molecule has 210 valence electrons. The predicted octanol–water partition coefficient (Wildman–Crippen LogP) is 9.80. The van der Waals surface area contributed by atoms with Gasteiger partial charge in [-0.1, -0.05) is 73.5 Å². The molecular formula is C36H48ClNO. The van der Waals surface area contributed by atoms with Gasteiger partial charge in [-0.25, -0.2) is 0 Å². The van der Waals surface area contributed by atoms with E-state index in [-0.39, 0.29) is 0 Å². The molecule has 5 fully saturated rings. The first kappa shape index (κ1) is 27.4. The molecule has 0 aromatic heterocycles. The summed E-state index contributed by atoms with van der Waals surface area (Å²) in [5.41, 5.74) is 5.89. The van der Waals surface area contributed by atoms with E-state index >= 15 is 0 Å². The van der Waals surface area contributed by atoms with Gasteiger partial charge in [0.15, 0.2) is 0 Å². The van der Waals surface area contributed by atoms with Crippen molar-refractivity contribution in [3.63, 3.8) is 0 Å². The Kier molecular flexibility index (Phi) is 9.32. The summed E-state index contributed by atoms with van der Waals surface area (Å²) in [4.78, 5) is 2.69. The standard InChI is InChI=1S/C36H48ClNO/c37-33-14-10-29(11-15-33)35(36-31-23-27-22-28(25-31)26-32(36)24-27)30-12-16-34(17-13-30)39-21-9-5-1-2-6-18-38-19-7-3-4-8-20-38/h10-17,27-28,31-32H,1-9,18-26H2. The van der Waals surface area contributed by atoms with Gasteiger partial charge in [0.25, 0.3) is 0 Å². The second kappa shape index (κ2) is 13.3. The van der Waals surface area contributed by atoms with Crippen molar-refractivity contribution in [2.75, 3.05) is 26.2 Å². The van der Waals surface area contributed by atoms with Crippen LogP contribution in [0.15, 0.2) is 54.1 Å². The zero-order valence-electron chi connectivity index (χ0n) is 23.9. The molecule has 2 aromatic rings. The van der Waals surface area contributed by atoms with E-state index in [1.54, 1.807) is 5.57 Å². The molecule has 7 rings (SSSR count). The van der Waals surface area contributed by atoms with E-state index in [0.717, 1.165) is 47.5 Å². The lowest BCUT2D eigenvalue weighted by molar-refractivity contribution is 0.0705. The van der Waals surface area contributed by atoms with Crippen molar-refractivity contribution >= 4 is 17.2 Å². The van der Waals surface area contributed by atoms with E-state index in [1.165, 1.54) is 120 Å². The summed E-state index contributed by atoms with van der Waals surface area (Å²) in [5.74, 6) is 4.49. The third-order valence-corrected chi connectivity index (χ3v) is 10.4. The molecule has 2 nitrogen and oxygen atoms in total. The zero-order valence-corrected chi connectivity index (χ0v) is 24.6. The van der Waals surface area contributed by atoms with Crippen molar-refractivity contribution in [3.05, 3.63) is 70.3 Å². The van der Waals surface area contributed by atoms with Crippen molar-refractivity contribution < 1.29 is 4.74 Å². The van der Waals surface area contributed by atoms with Gasteiger partial charge in [0.1, 0.15) is 5.75 Å². The fraction of sp³-hybridized carbons (Fsp3) is 0.611. The second-order valence-corrected chi connectivity index (χ2v) is 13.5. The Morgan fingerprint density at radius 1 is 0.667 bits per heavy atom. The molecule has 0 spiro atoms. The van der Waals surface area contributed by atoms with Crippen molar-refractivity contribution in [1.29, 1.82) is 0 Å². The minimum absolute atomic E-state index is 0.771.